The van der Waals surface area contributed by atoms with Crippen LogP contribution in [0.5, 0.6) is 11.5 Å². The highest BCUT2D eigenvalue weighted by molar-refractivity contribution is 5.52. The smallest absolute Gasteiger partial charge is 0.420 e. The first kappa shape index (κ1) is 15.4. The summed E-state index contributed by atoms with van der Waals surface area (Å²) in [7, 11) is 1.17. The van der Waals surface area contributed by atoms with E-state index in [0.29, 0.717) is 12.8 Å². The lowest BCUT2D eigenvalue weighted by Gasteiger charge is -2.25. The number of isocyanates is 1. The van der Waals surface area contributed by atoms with Crippen molar-refractivity contribution in [1.82, 2.24) is 0 Å². The molecule has 0 aromatic heterocycles. The van der Waals surface area contributed by atoms with Crippen LogP contribution in [-0.4, -0.2) is 18.3 Å². The van der Waals surface area contributed by atoms with Gasteiger partial charge in [0.15, 0.2) is 11.5 Å². The molecular weight excluding hydrogens is 287 g/mol. The maximum atomic E-state index is 13.0. The maximum absolute atomic E-state index is 13.0. The van der Waals surface area contributed by atoms with Crippen LogP contribution in [0, 0.1) is 0 Å². The molecule has 2 rings (SSSR count). The van der Waals surface area contributed by atoms with Gasteiger partial charge in [0.05, 0.1) is 12.6 Å². The third kappa shape index (κ3) is 2.74. The van der Waals surface area contributed by atoms with E-state index >= 15 is 0 Å². The molecule has 0 amide bonds. The third-order valence-corrected chi connectivity index (χ3v) is 3.83. The number of phenols is 1. The maximum Gasteiger partial charge on any atom is 0.420 e. The quantitative estimate of drug-likeness (QED) is 0.686. The fourth-order valence-electron chi connectivity index (χ4n) is 2.76. The van der Waals surface area contributed by atoms with E-state index in [2.05, 4.69) is 4.99 Å². The zero-order chi connectivity index (χ0) is 15.7. The topological polar surface area (TPSA) is 58.9 Å². The predicted molar refractivity (Wildman–Crippen MR) is 67.9 cm³/mol. The summed E-state index contributed by atoms with van der Waals surface area (Å²) in [6.07, 6.45) is -0.824. The Morgan fingerprint density at radius 1 is 1.33 bits per heavy atom. The van der Waals surface area contributed by atoms with Gasteiger partial charge in [0.2, 0.25) is 6.08 Å². The largest absolute Gasteiger partial charge is 0.504 e. The van der Waals surface area contributed by atoms with E-state index in [1.54, 1.807) is 0 Å². The third-order valence-electron chi connectivity index (χ3n) is 3.83. The highest BCUT2D eigenvalue weighted by atomic mass is 19.4. The first-order valence-electron chi connectivity index (χ1n) is 6.42. The minimum absolute atomic E-state index is 0.213. The fraction of sp³-hybridized carbons (Fsp3) is 0.500. The Kier molecular flexibility index (Phi) is 3.96. The highest BCUT2D eigenvalue weighted by Crippen LogP contribution is 2.48. The van der Waals surface area contributed by atoms with Gasteiger partial charge in [-0.1, -0.05) is 12.8 Å². The van der Waals surface area contributed by atoms with Crippen molar-refractivity contribution >= 4 is 6.08 Å². The van der Waals surface area contributed by atoms with Crippen molar-refractivity contribution in [3.63, 3.8) is 0 Å². The predicted octanol–water partition coefficient (Wildman–Crippen LogP) is 3.52. The van der Waals surface area contributed by atoms with Gasteiger partial charge in [-0.15, -0.1) is 0 Å². The summed E-state index contributed by atoms with van der Waals surface area (Å²) in [6.45, 7) is 0. The molecule has 0 radical (unpaired) electrons. The summed E-state index contributed by atoms with van der Waals surface area (Å²) in [6, 6.07) is 2.14. The van der Waals surface area contributed by atoms with E-state index < -0.39 is 23.0 Å². The molecule has 1 aromatic rings. The molecule has 1 aliphatic carbocycles. The molecular formula is C14H14F3NO3. The molecule has 0 heterocycles. The number of benzene rings is 1. The van der Waals surface area contributed by atoms with E-state index in [1.807, 2.05) is 0 Å². The number of halogens is 3. The van der Waals surface area contributed by atoms with E-state index in [-0.39, 0.29) is 11.3 Å². The van der Waals surface area contributed by atoms with Crippen LogP contribution in [0.2, 0.25) is 0 Å². The van der Waals surface area contributed by atoms with E-state index in [1.165, 1.54) is 19.3 Å². The number of hydrogen-bond donors (Lipinski definition) is 1. The molecule has 4 nitrogen and oxygen atoms in total. The lowest BCUT2D eigenvalue weighted by molar-refractivity contribution is -0.139. The molecule has 0 atom stereocenters. The Bertz CT molecular complexity index is 586. The molecule has 0 bridgehead atoms. The summed E-state index contributed by atoms with van der Waals surface area (Å²) < 4.78 is 43.9. The second kappa shape index (κ2) is 5.41. The first-order valence-corrected chi connectivity index (χ1v) is 6.42. The molecule has 0 unspecified atom stereocenters. The number of methoxy groups -OCH3 is 1. The Balaban J connectivity index is 2.66. The van der Waals surface area contributed by atoms with Crippen LogP contribution in [0.1, 0.15) is 36.8 Å². The van der Waals surface area contributed by atoms with Gasteiger partial charge < -0.3 is 9.84 Å². The van der Waals surface area contributed by atoms with Crippen molar-refractivity contribution in [3.05, 3.63) is 23.3 Å². The van der Waals surface area contributed by atoms with E-state index in [9.17, 15) is 23.1 Å². The molecule has 1 aromatic carbocycles. The van der Waals surface area contributed by atoms with Crippen LogP contribution in [0.4, 0.5) is 13.2 Å². The number of hydrogen-bond acceptors (Lipinski definition) is 4. The van der Waals surface area contributed by atoms with Crippen molar-refractivity contribution in [3.8, 4) is 11.5 Å². The van der Waals surface area contributed by atoms with Gasteiger partial charge >= 0.3 is 6.18 Å². The second-order valence-electron chi connectivity index (χ2n) is 5.01. The van der Waals surface area contributed by atoms with Gasteiger partial charge in [0.1, 0.15) is 5.56 Å². The van der Waals surface area contributed by atoms with Crippen LogP contribution >= 0.6 is 0 Å². The SMILES string of the molecule is COc1cc(C2(N=C=O)CCCC2)cc(C(F)(F)F)c1O. The fourth-order valence-corrected chi connectivity index (χ4v) is 2.76. The number of alkyl halides is 3. The molecule has 1 fully saturated rings. The minimum Gasteiger partial charge on any atom is -0.504 e. The Morgan fingerprint density at radius 2 is 1.95 bits per heavy atom. The number of phenolic OH excluding ortho intramolecular Hbond substituents is 1. The van der Waals surface area contributed by atoms with Crippen LogP contribution in [0.15, 0.2) is 17.1 Å². The van der Waals surface area contributed by atoms with Crippen LogP contribution in [0.3, 0.4) is 0 Å². The highest BCUT2D eigenvalue weighted by Gasteiger charge is 2.41. The van der Waals surface area contributed by atoms with Gasteiger partial charge in [0, 0.05) is 0 Å². The number of ether oxygens (including phenoxy) is 1. The molecule has 0 aliphatic heterocycles. The molecule has 0 saturated heterocycles. The van der Waals surface area contributed by atoms with Gasteiger partial charge in [0.25, 0.3) is 0 Å². The molecule has 7 heteroatoms. The number of rotatable bonds is 3. The average molecular weight is 301 g/mol. The lowest BCUT2D eigenvalue weighted by Crippen LogP contribution is -2.20. The van der Waals surface area contributed by atoms with Crippen molar-refractivity contribution in [2.75, 3.05) is 7.11 Å². The standard InChI is InChI=1S/C14H14F3NO3/c1-21-11-7-9(6-10(12(11)20)14(15,16)17)13(18-8-19)4-2-3-5-13/h6-7,20H,2-5H2,1H3. The Hall–Kier alpha value is -2.01. The minimum atomic E-state index is -4.72. The van der Waals surface area contributed by atoms with Crippen molar-refractivity contribution in [1.29, 1.82) is 0 Å². The second-order valence-corrected chi connectivity index (χ2v) is 5.01. The molecule has 1 N–H and O–H groups in total. The molecule has 0 spiro atoms. The van der Waals surface area contributed by atoms with Gasteiger partial charge in [-0.3, -0.25) is 0 Å². The van der Waals surface area contributed by atoms with E-state index in [4.69, 9.17) is 4.74 Å². The Labute approximate surface area is 119 Å². The summed E-state index contributed by atoms with van der Waals surface area (Å²) in [5.41, 5.74) is -1.99. The normalized spacial score (nSPS) is 17.3. The molecule has 1 saturated carbocycles. The van der Waals surface area contributed by atoms with Crippen molar-refractivity contribution < 1.29 is 27.8 Å². The van der Waals surface area contributed by atoms with E-state index in [0.717, 1.165) is 18.9 Å². The number of aromatic hydroxyl groups is 1. The first-order chi connectivity index (χ1) is 9.84. The van der Waals surface area contributed by atoms with Crippen LogP contribution in [0.25, 0.3) is 0 Å². The zero-order valence-corrected chi connectivity index (χ0v) is 11.3. The summed E-state index contributed by atoms with van der Waals surface area (Å²) >= 11 is 0. The van der Waals surface area contributed by atoms with Gasteiger partial charge in [-0.25, -0.2) is 4.79 Å². The molecule has 1 aliphatic rings. The van der Waals surface area contributed by atoms with Crippen LogP contribution < -0.4 is 4.74 Å². The molecule has 114 valence electrons. The monoisotopic (exact) mass is 301 g/mol. The molecule has 21 heavy (non-hydrogen) atoms. The lowest BCUT2D eigenvalue weighted by atomic mass is 9.87. The van der Waals surface area contributed by atoms with Gasteiger partial charge in [-0.2, -0.15) is 18.2 Å². The Morgan fingerprint density at radius 3 is 2.43 bits per heavy atom. The van der Waals surface area contributed by atoms with Crippen LogP contribution in [-0.2, 0) is 16.5 Å². The number of aliphatic imine (C=N–C) groups is 1. The average Bonchev–Trinajstić information content (AvgIpc) is 2.87. The van der Waals surface area contributed by atoms with Crippen molar-refractivity contribution in [2.45, 2.75) is 37.4 Å². The zero-order valence-electron chi connectivity index (χ0n) is 11.3. The van der Waals surface area contributed by atoms with Crippen molar-refractivity contribution in [2.24, 2.45) is 4.99 Å². The summed E-state index contributed by atoms with van der Waals surface area (Å²) in [5.74, 6) is -1.25. The number of nitrogens with zero attached hydrogens (tertiary/aromatic N) is 1. The summed E-state index contributed by atoms with van der Waals surface area (Å²) in [4.78, 5) is 14.4. The summed E-state index contributed by atoms with van der Waals surface area (Å²) in [5, 5.41) is 9.65. The number of carbonyl (C=O) groups excluding carboxylic acids is 1. The van der Waals surface area contributed by atoms with Gasteiger partial charge in [-0.05, 0) is 30.5 Å².